The highest BCUT2D eigenvalue weighted by Crippen LogP contribution is 2.25. The molecule has 0 bridgehead atoms. The molecule has 0 atom stereocenters. The third-order valence-corrected chi connectivity index (χ3v) is 5.22. The summed E-state index contributed by atoms with van der Waals surface area (Å²) in [5, 5.41) is 4.72. The van der Waals surface area contributed by atoms with Crippen LogP contribution in [0.15, 0.2) is 47.5 Å². The number of rotatable bonds is 7. The molecule has 10 heteroatoms. The number of hydrogen-bond donors (Lipinski definition) is 2. The summed E-state index contributed by atoms with van der Waals surface area (Å²) in [6.07, 6.45) is 0.630. The number of hydrazine groups is 1. The minimum absolute atomic E-state index is 0.00721. The van der Waals surface area contributed by atoms with E-state index in [1.54, 1.807) is 24.3 Å². The lowest BCUT2D eigenvalue weighted by atomic mass is 10.2. The van der Waals surface area contributed by atoms with Gasteiger partial charge < -0.3 is 10.2 Å². The summed E-state index contributed by atoms with van der Waals surface area (Å²) < 4.78 is 0. The number of aryl methyl sites for hydroxylation is 1. The van der Waals surface area contributed by atoms with E-state index >= 15 is 0 Å². The van der Waals surface area contributed by atoms with Crippen molar-refractivity contribution in [1.29, 1.82) is 0 Å². The first-order chi connectivity index (χ1) is 15.3. The minimum Gasteiger partial charge on any atom is -0.327 e. The highest BCUT2D eigenvalue weighted by atomic mass is 35.5. The minimum atomic E-state index is -0.483. The normalized spacial score (nSPS) is 13.3. The molecule has 0 unspecified atom stereocenters. The number of anilines is 2. The highest BCUT2D eigenvalue weighted by molar-refractivity contribution is 6.39. The van der Waals surface area contributed by atoms with Crippen molar-refractivity contribution in [2.24, 2.45) is 4.99 Å². The Balaban J connectivity index is 1.72. The van der Waals surface area contributed by atoms with Crippen molar-refractivity contribution in [3.05, 3.63) is 58.1 Å². The van der Waals surface area contributed by atoms with Crippen molar-refractivity contribution in [1.82, 2.24) is 10.3 Å². The molecule has 0 fully saturated rings. The van der Waals surface area contributed by atoms with Crippen LogP contribution in [0.1, 0.15) is 18.9 Å². The van der Waals surface area contributed by atoms with Gasteiger partial charge in [0.2, 0.25) is 11.7 Å². The second-order valence-electron chi connectivity index (χ2n) is 7.24. The molecule has 8 nitrogen and oxygen atoms in total. The summed E-state index contributed by atoms with van der Waals surface area (Å²) in [4.78, 5) is 43.5. The van der Waals surface area contributed by atoms with Gasteiger partial charge in [0, 0.05) is 11.6 Å². The molecule has 0 aromatic heterocycles. The van der Waals surface area contributed by atoms with E-state index in [4.69, 9.17) is 23.2 Å². The monoisotopic (exact) mass is 475 g/mol. The number of hydrogen-bond acceptors (Lipinski definition) is 5. The van der Waals surface area contributed by atoms with Gasteiger partial charge >= 0.3 is 0 Å². The second-order valence-corrected chi connectivity index (χ2v) is 8.08. The molecule has 1 aliphatic heterocycles. The molecule has 3 rings (SSSR count). The summed E-state index contributed by atoms with van der Waals surface area (Å²) >= 11 is 12.1. The fourth-order valence-electron chi connectivity index (χ4n) is 3.07. The molecule has 0 aliphatic carbocycles. The van der Waals surface area contributed by atoms with E-state index < -0.39 is 11.8 Å². The predicted molar refractivity (Wildman–Crippen MR) is 126 cm³/mol. The molecular formula is C22H23Cl2N5O3. The van der Waals surface area contributed by atoms with Crippen LogP contribution in [0, 0.1) is 6.92 Å². The Hall–Kier alpha value is -3.10. The Morgan fingerprint density at radius 3 is 2.59 bits per heavy atom. The maximum atomic E-state index is 13.1. The van der Waals surface area contributed by atoms with Crippen LogP contribution in [0.4, 0.5) is 11.4 Å². The largest absolute Gasteiger partial charge is 0.327 e. The first kappa shape index (κ1) is 23.6. The van der Waals surface area contributed by atoms with Gasteiger partial charge in [0.15, 0.2) is 0 Å². The van der Waals surface area contributed by atoms with Crippen LogP contribution < -0.4 is 15.8 Å². The second kappa shape index (κ2) is 10.5. The summed E-state index contributed by atoms with van der Waals surface area (Å²) in [6, 6.07) is 12.0. The van der Waals surface area contributed by atoms with Crippen molar-refractivity contribution in [2.75, 3.05) is 30.0 Å². The van der Waals surface area contributed by atoms with E-state index in [0.29, 0.717) is 34.4 Å². The number of nitrogens with zero attached hydrogens (tertiary/aromatic N) is 3. The van der Waals surface area contributed by atoms with E-state index in [0.717, 1.165) is 5.56 Å². The average Bonchev–Trinajstić information content (AvgIpc) is 2.76. The Labute approximate surface area is 196 Å². The van der Waals surface area contributed by atoms with Gasteiger partial charge in [-0.15, -0.1) is 0 Å². The van der Waals surface area contributed by atoms with Gasteiger partial charge in [-0.05, 0) is 43.7 Å². The number of carbonyl (C=O) groups excluding carboxylic acids is 3. The van der Waals surface area contributed by atoms with Crippen LogP contribution in [0.3, 0.4) is 0 Å². The quantitative estimate of drug-likeness (QED) is 0.641. The van der Waals surface area contributed by atoms with Gasteiger partial charge in [0.05, 0.1) is 16.4 Å². The molecule has 2 N–H and O–H groups in total. The number of aliphatic imine (C=N–C) groups is 1. The van der Waals surface area contributed by atoms with Gasteiger partial charge in [-0.3, -0.25) is 24.8 Å². The predicted octanol–water partition coefficient (Wildman–Crippen LogP) is 3.43. The van der Waals surface area contributed by atoms with Crippen LogP contribution in [-0.4, -0.2) is 48.1 Å². The molecular weight excluding hydrogens is 453 g/mol. The summed E-state index contributed by atoms with van der Waals surface area (Å²) in [6.45, 7) is 3.77. The van der Waals surface area contributed by atoms with E-state index in [2.05, 4.69) is 15.7 Å². The Bertz CT molecular complexity index is 1060. The molecule has 0 spiro atoms. The van der Waals surface area contributed by atoms with Gasteiger partial charge in [-0.1, -0.05) is 47.8 Å². The van der Waals surface area contributed by atoms with Crippen molar-refractivity contribution >= 4 is 58.1 Å². The number of carbonyl (C=O) groups is 3. The molecule has 0 radical (unpaired) electrons. The van der Waals surface area contributed by atoms with Crippen molar-refractivity contribution in [3.63, 3.8) is 0 Å². The van der Waals surface area contributed by atoms with Crippen LogP contribution >= 0.6 is 23.2 Å². The zero-order valence-corrected chi connectivity index (χ0v) is 19.2. The van der Waals surface area contributed by atoms with Gasteiger partial charge in [0.1, 0.15) is 13.1 Å². The molecule has 1 heterocycles. The topological polar surface area (TPSA) is 94.1 Å². The smallest absolute Gasteiger partial charge is 0.291 e. The number of nitrogens with one attached hydrogen (secondary N) is 2. The Morgan fingerprint density at radius 1 is 1.19 bits per heavy atom. The van der Waals surface area contributed by atoms with Crippen LogP contribution in [0.5, 0.6) is 0 Å². The lowest BCUT2D eigenvalue weighted by molar-refractivity contribution is -0.129. The molecule has 32 heavy (non-hydrogen) atoms. The van der Waals surface area contributed by atoms with Crippen molar-refractivity contribution in [2.45, 2.75) is 20.3 Å². The van der Waals surface area contributed by atoms with E-state index in [9.17, 15) is 14.4 Å². The summed E-state index contributed by atoms with van der Waals surface area (Å²) in [5.74, 6) is -1.21. The van der Waals surface area contributed by atoms with Gasteiger partial charge in [-0.2, -0.15) is 0 Å². The lowest BCUT2D eigenvalue weighted by Crippen LogP contribution is -2.57. The fraction of sp³-hybridized carbons (Fsp3) is 0.273. The Kier molecular flexibility index (Phi) is 7.71. The van der Waals surface area contributed by atoms with Crippen LogP contribution in [0.25, 0.3) is 0 Å². The van der Waals surface area contributed by atoms with Crippen molar-refractivity contribution < 1.29 is 14.4 Å². The number of amides is 3. The first-order valence-corrected chi connectivity index (χ1v) is 10.8. The number of benzene rings is 2. The molecule has 2 aromatic rings. The first-order valence-electron chi connectivity index (χ1n) is 10.0. The summed E-state index contributed by atoms with van der Waals surface area (Å²) in [5.41, 5.74) is 4.79. The molecule has 0 saturated heterocycles. The zero-order chi connectivity index (χ0) is 23.3. The number of halogens is 2. The van der Waals surface area contributed by atoms with Crippen LogP contribution in [-0.2, 0) is 14.4 Å². The molecule has 1 aliphatic rings. The third-order valence-electron chi connectivity index (χ3n) is 4.65. The molecule has 168 valence electrons. The van der Waals surface area contributed by atoms with Gasteiger partial charge in [-0.25, -0.2) is 5.01 Å². The molecule has 3 amide bonds. The van der Waals surface area contributed by atoms with Crippen molar-refractivity contribution in [3.8, 4) is 0 Å². The van der Waals surface area contributed by atoms with E-state index in [1.807, 2.05) is 26.0 Å². The fourth-order valence-corrected chi connectivity index (χ4v) is 3.40. The molecule has 0 saturated carbocycles. The zero-order valence-electron chi connectivity index (χ0n) is 17.7. The van der Waals surface area contributed by atoms with Gasteiger partial charge in [0.25, 0.3) is 11.8 Å². The summed E-state index contributed by atoms with van der Waals surface area (Å²) in [7, 11) is 0. The van der Waals surface area contributed by atoms with Crippen LogP contribution in [0.2, 0.25) is 10.0 Å². The third kappa shape index (κ3) is 5.77. The van der Waals surface area contributed by atoms with E-state index in [1.165, 1.54) is 16.0 Å². The SMILES string of the molecule is CCCN(CC(=O)Nc1cc(Cl)ccc1Cl)C(=O)C1=NCC(=O)N(c2ccc(C)cc2)N1. The lowest BCUT2D eigenvalue weighted by Gasteiger charge is -2.30. The Morgan fingerprint density at radius 2 is 1.91 bits per heavy atom. The average molecular weight is 476 g/mol. The standard InChI is InChI=1S/C22H23Cl2N5O3/c1-3-10-28(13-19(30)26-18-11-15(23)6-9-17(18)24)22(32)21-25-12-20(31)29(27-21)16-7-4-14(2)5-8-16/h4-9,11H,3,10,12-13H2,1-2H3,(H,25,27)(H,26,30). The highest BCUT2D eigenvalue weighted by Gasteiger charge is 2.29. The maximum absolute atomic E-state index is 13.1. The number of amidine groups is 1. The molecule has 2 aromatic carbocycles. The maximum Gasteiger partial charge on any atom is 0.291 e. The van der Waals surface area contributed by atoms with E-state index in [-0.39, 0.29) is 24.8 Å².